The predicted molar refractivity (Wildman–Crippen MR) is 68.2 cm³/mol. The zero-order valence-corrected chi connectivity index (χ0v) is 12.1. The molecule has 0 saturated carbocycles. The molecule has 0 unspecified atom stereocenters. The van der Waals surface area contributed by atoms with Gasteiger partial charge in [0.15, 0.2) is 8.32 Å². The molecule has 1 amide bonds. The molecule has 0 aromatic carbocycles. The van der Waals surface area contributed by atoms with Crippen LogP contribution in [0.1, 0.15) is 27.2 Å². The highest BCUT2D eigenvalue weighted by Gasteiger charge is 2.20. The van der Waals surface area contributed by atoms with E-state index in [1.165, 1.54) is 0 Å². The highest BCUT2D eigenvalue weighted by atomic mass is 28.4. The molecule has 0 radical (unpaired) electrons. The van der Waals surface area contributed by atoms with Crippen LogP contribution in [0.3, 0.4) is 0 Å². The van der Waals surface area contributed by atoms with Crippen molar-refractivity contribution >= 4 is 14.4 Å². The average Bonchev–Trinajstić information content (AvgIpc) is 2.11. The standard InChI is InChI=1S/C11H25NO3Si/c1-6-14-16(4,5)9-7-8-12-11(13)15-10(2)3/h10H,6-9H2,1-5H3,(H,12,13). The Labute approximate surface area is 99.8 Å². The summed E-state index contributed by atoms with van der Waals surface area (Å²) >= 11 is 0. The average molecular weight is 247 g/mol. The summed E-state index contributed by atoms with van der Waals surface area (Å²) in [5.74, 6) is 0. The summed E-state index contributed by atoms with van der Waals surface area (Å²) in [6.45, 7) is 11.5. The number of amides is 1. The smallest absolute Gasteiger partial charge is 0.407 e. The molecule has 16 heavy (non-hydrogen) atoms. The first-order valence-corrected chi connectivity index (χ1v) is 9.07. The van der Waals surface area contributed by atoms with E-state index in [0.717, 1.165) is 19.1 Å². The topological polar surface area (TPSA) is 47.6 Å². The Balaban J connectivity index is 3.56. The molecule has 0 rings (SSSR count). The van der Waals surface area contributed by atoms with Crippen LogP contribution in [0.25, 0.3) is 0 Å². The number of carbonyl (C=O) groups is 1. The number of hydrogen-bond donors (Lipinski definition) is 1. The van der Waals surface area contributed by atoms with Gasteiger partial charge >= 0.3 is 6.09 Å². The minimum absolute atomic E-state index is 0.0609. The Morgan fingerprint density at radius 1 is 1.38 bits per heavy atom. The minimum Gasteiger partial charge on any atom is -0.447 e. The highest BCUT2D eigenvalue weighted by Crippen LogP contribution is 2.12. The van der Waals surface area contributed by atoms with Crippen LogP contribution in [-0.2, 0) is 9.16 Å². The molecule has 0 aliphatic rings. The van der Waals surface area contributed by atoms with E-state index in [9.17, 15) is 4.79 Å². The van der Waals surface area contributed by atoms with Crippen LogP contribution in [-0.4, -0.2) is 33.7 Å². The van der Waals surface area contributed by atoms with Gasteiger partial charge in [0.25, 0.3) is 0 Å². The molecule has 0 aliphatic heterocycles. The Morgan fingerprint density at radius 2 is 2.00 bits per heavy atom. The van der Waals surface area contributed by atoms with E-state index in [1.807, 2.05) is 20.8 Å². The van der Waals surface area contributed by atoms with Crippen LogP contribution in [0.4, 0.5) is 4.79 Å². The second kappa shape index (κ2) is 7.68. The molecule has 0 bridgehead atoms. The molecule has 0 heterocycles. The molecule has 0 saturated heterocycles. The molecule has 1 N–H and O–H groups in total. The SMILES string of the molecule is CCO[Si](C)(C)CCCNC(=O)OC(C)C. The first kappa shape index (κ1) is 15.4. The third kappa shape index (κ3) is 8.73. The van der Waals surface area contributed by atoms with Gasteiger partial charge in [0.1, 0.15) is 0 Å². The third-order valence-electron chi connectivity index (χ3n) is 2.10. The van der Waals surface area contributed by atoms with E-state index in [0.29, 0.717) is 6.54 Å². The number of alkyl carbamates (subject to hydrolysis) is 1. The van der Waals surface area contributed by atoms with Crippen molar-refractivity contribution in [3.63, 3.8) is 0 Å². The summed E-state index contributed by atoms with van der Waals surface area (Å²) in [5, 5.41) is 2.73. The van der Waals surface area contributed by atoms with Gasteiger partial charge in [-0.3, -0.25) is 0 Å². The second-order valence-corrected chi connectivity index (χ2v) is 8.99. The summed E-state index contributed by atoms with van der Waals surface area (Å²) in [4.78, 5) is 11.2. The van der Waals surface area contributed by atoms with Gasteiger partial charge in [-0.05, 0) is 46.3 Å². The lowest BCUT2D eigenvalue weighted by atomic mass is 10.5. The van der Waals surface area contributed by atoms with Crippen molar-refractivity contribution in [3.05, 3.63) is 0 Å². The van der Waals surface area contributed by atoms with E-state index in [2.05, 4.69) is 18.4 Å². The molecule has 0 aromatic heterocycles. The fourth-order valence-electron chi connectivity index (χ4n) is 1.42. The number of carbonyl (C=O) groups excluding carboxylic acids is 1. The first-order valence-electron chi connectivity index (χ1n) is 5.96. The van der Waals surface area contributed by atoms with Crippen LogP contribution in [0.15, 0.2) is 0 Å². The van der Waals surface area contributed by atoms with Crippen molar-refractivity contribution in [1.82, 2.24) is 5.32 Å². The Hall–Kier alpha value is -0.553. The maximum atomic E-state index is 11.2. The van der Waals surface area contributed by atoms with Crippen LogP contribution >= 0.6 is 0 Å². The lowest BCUT2D eigenvalue weighted by Gasteiger charge is -2.21. The number of hydrogen-bond acceptors (Lipinski definition) is 3. The Kier molecular flexibility index (Phi) is 7.41. The third-order valence-corrected chi connectivity index (χ3v) is 4.73. The predicted octanol–water partition coefficient (Wildman–Crippen LogP) is 2.75. The maximum absolute atomic E-state index is 11.2. The van der Waals surface area contributed by atoms with Gasteiger partial charge in [0.05, 0.1) is 6.10 Å². The zero-order chi connectivity index (χ0) is 12.6. The van der Waals surface area contributed by atoms with Gasteiger partial charge in [-0.2, -0.15) is 0 Å². The number of rotatable bonds is 7. The Morgan fingerprint density at radius 3 is 2.50 bits per heavy atom. The van der Waals surface area contributed by atoms with E-state index >= 15 is 0 Å². The highest BCUT2D eigenvalue weighted by molar-refractivity contribution is 6.71. The minimum atomic E-state index is -1.50. The molecular formula is C11H25NO3Si. The van der Waals surface area contributed by atoms with Crippen molar-refractivity contribution in [2.45, 2.75) is 52.4 Å². The van der Waals surface area contributed by atoms with E-state index in [4.69, 9.17) is 9.16 Å². The van der Waals surface area contributed by atoms with E-state index in [-0.39, 0.29) is 12.2 Å². The molecule has 0 spiro atoms. The van der Waals surface area contributed by atoms with Gasteiger partial charge in [-0.25, -0.2) is 4.79 Å². The molecule has 0 aromatic rings. The van der Waals surface area contributed by atoms with Crippen molar-refractivity contribution < 1.29 is 14.0 Å². The van der Waals surface area contributed by atoms with Crippen LogP contribution in [0.5, 0.6) is 0 Å². The summed E-state index contributed by atoms with van der Waals surface area (Å²) < 4.78 is 10.7. The molecule has 5 heteroatoms. The van der Waals surface area contributed by atoms with Crippen LogP contribution < -0.4 is 5.32 Å². The van der Waals surface area contributed by atoms with Gasteiger partial charge in [0.2, 0.25) is 0 Å². The van der Waals surface area contributed by atoms with Crippen molar-refractivity contribution in [2.75, 3.05) is 13.2 Å². The zero-order valence-electron chi connectivity index (χ0n) is 11.1. The number of nitrogens with one attached hydrogen (secondary N) is 1. The lowest BCUT2D eigenvalue weighted by molar-refractivity contribution is 0.115. The molecule has 0 fully saturated rings. The number of ether oxygens (including phenoxy) is 1. The van der Waals surface area contributed by atoms with Crippen molar-refractivity contribution in [3.8, 4) is 0 Å². The second-order valence-electron chi connectivity index (χ2n) is 4.68. The van der Waals surface area contributed by atoms with Gasteiger partial charge in [0, 0.05) is 13.2 Å². The fourth-order valence-corrected chi connectivity index (χ4v) is 3.38. The molecule has 96 valence electrons. The van der Waals surface area contributed by atoms with E-state index < -0.39 is 8.32 Å². The van der Waals surface area contributed by atoms with Crippen molar-refractivity contribution in [2.24, 2.45) is 0 Å². The van der Waals surface area contributed by atoms with Gasteiger partial charge in [-0.15, -0.1) is 0 Å². The first-order chi connectivity index (χ1) is 7.37. The molecule has 4 nitrogen and oxygen atoms in total. The fraction of sp³-hybridized carbons (Fsp3) is 0.909. The quantitative estimate of drug-likeness (QED) is 0.556. The van der Waals surface area contributed by atoms with Crippen LogP contribution in [0, 0.1) is 0 Å². The maximum Gasteiger partial charge on any atom is 0.407 e. The summed E-state index contributed by atoms with van der Waals surface area (Å²) in [5.41, 5.74) is 0. The monoisotopic (exact) mass is 247 g/mol. The molecular weight excluding hydrogens is 222 g/mol. The van der Waals surface area contributed by atoms with Gasteiger partial charge in [-0.1, -0.05) is 0 Å². The normalized spacial score (nSPS) is 11.6. The Bertz CT molecular complexity index is 207. The van der Waals surface area contributed by atoms with E-state index in [1.54, 1.807) is 0 Å². The van der Waals surface area contributed by atoms with Gasteiger partial charge < -0.3 is 14.5 Å². The summed E-state index contributed by atoms with van der Waals surface area (Å²) in [6, 6.07) is 1.06. The molecule has 0 aliphatic carbocycles. The molecule has 0 atom stereocenters. The largest absolute Gasteiger partial charge is 0.447 e. The van der Waals surface area contributed by atoms with Crippen molar-refractivity contribution in [1.29, 1.82) is 0 Å². The summed E-state index contributed by atoms with van der Waals surface area (Å²) in [7, 11) is -1.50. The summed E-state index contributed by atoms with van der Waals surface area (Å²) in [6.07, 6.45) is 0.562. The van der Waals surface area contributed by atoms with Crippen LogP contribution in [0.2, 0.25) is 19.1 Å². The lowest BCUT2D eigenvalue weighted by Crippen LogP contribution is -2.33.